The fraction of sp³-hybridized carbons (Fsp3) is 0.200. The van der Waals surface area contributed by atoms with E-state index in [2.05, 4.69) is 32.0 Å². The van der Waals surface area contributed by atoms with Crippen LogP contribution in [0.2, 0.25) is 0 Å². The summed E-state index contributed by atoms with van der Waals surface area (Å²) in [4.78, 5) is 14.8. The van der Waals surface area contributed by atoms with E-state index >= 15 is 0 Å². The van der Waals surface area contributed by atoms with Gasteiger partial charge < -0.3 is 9.55 Å². The SMILES string of the molecule is O=S(=O)(c1ccccc1)c1nc2cnc3[nH]ccc3c2n1C1CCN(Cc2ccccc2)C1. The highest BCUT2D eigenvalue weighted by molar-refractivity contribution is 7.91. The molecule has 0 saturated carbocycles. The number of H-pyrrole nitrogens is 1. The maximum absolute atomic E-state index is 13.7. The first-order valence-electron chi connectivity index (χ1n) is 11.0. The van der Waals surface area contributed by atoms with Gasteiger partial charge in [0.25, 0.3) is 0 Å². The molecule has 1 unspecified atom stereocenters. The Kier molecular flexibility index (Phi) is 4.78. The maximum atomic E-state index is 13.7. The Morgan fingerprint density at radius 3 is 2.55 bits per heavy atom. The van der Waals surface area contributed by atoms with E-state index in [9.17, 15) is 8.42 Å². The van der Waals surface area contributed by atoms with Gasteiger partial charge in [-0.3, -0.25) is 4.90 Å². The van der Waals surface area contributed by atoms with Crippen molar-refractivity contribution in [2.24, 2.45) is 0 Å². The van der Waals surface area contributed by atoms with Crippen molar-refractivity contribution in [3.8, 4) is 0 Å². The lowest BCUT2D eigenvalue weighted by atomic mass is 10.2. The highest BCUT2D eigenvalue weighted by atomic mass is 32.2. The Morgan fingerprint density at radius 1 is 1.00 bits per heavy atom. The first-order valence-corrected chi connectivity index (χ1v) is 12.5. The largest absolute Gasteiger partial charge is 0.346 e. The molecule has 1 N–H and O–H groups in total. The van der Waals surface area contributed by atoms with Crippen LogP contribution in [0.5, 0.6) is 0 Å². The Labute approximate surface area is 191 Å². The first kappa shape index (κ1) is 20.1. The number of rotatable bonds is 5. The van der Waals surface area contributed by atoms with Crippen molar-refractivity contribution >= 4 is 31.9 Å². The van der Waals surface area contributed by atoms with Crippen LogP contribution in [-0.2, 0) is 16.4 Å². The molecule has 1 aliphatic rings. The molecule has 7 nitrogen and oxygen atoms in total. The molecule has 166 valence electrons. The topological polar surface area (TPSA) is 83.9 Å². The molecular weight excluding hydrogens is 434 g/mol. The van der Waals surface area contributed by atoms with E-state index in [1.165, 1.54) is 5.56 Å². The van der Waals surface area contributed by atoms with Gasteiger partial charge in [-0.05, 0) is 30.2 Å². The van der Waals surface area contributed by atoms with Crippen molar-refractivity contribution < 1.29 is 8.42 Å². The molecule has 33 heavy (non-hydrogen) atoms. The number of aromatic nitrogens is 4. The lowest BCUT2D eigenvalue weighted by Gasteiger charge is -2.19. The summed E-state index contributed by atoms with van der Waals surface area (Å²) in [7, 11) is -3.80. The first-order chi connectivity index (χ1) is 16.1. The maximum Gasteiger partial charge on any atom is 0.240 e. The highest BCUT2D eigenvalue weighted by Crippen LogP contribution is 2.35. The summed E-state index contributed by atoms with van der Waals surface area (Å²) in [5, 5.41) is 0.974. The zero-order valence-electron chi connectivity index (χ0n) is 17.9. The molecule has 0 spiro atoms. The van der Waals surface area contributed by atoms with Crippen molar-refractivity contribution in [2.45, 2.75) is 29.1 Å². The van der Waals surface area contributed by atoms with Crippen molar-refractivity contribution in [3.63, 3.8) is 0 Å². The van der Waals surface area contributed by atoms with Gasteiger partial charge >= 0.3 is 0 Å². The van der Waals surface area contributed by atoms with Gasteiger partial charge in [-0.15, -0.1) is 0 Å². The molecular formula is C25H23N5O2S. The fourth-order valence-corrected chi connectivity index (χ4v) is 6.26. The Hall–Kier alpha value is -3.49. The molecule has 5 aromatic rings. The number of nitrogens with one attached hydrogen (secondary N) is 1. The van der Waals surface area contributed by atoms with E-state index < -0.39 is 9.84 Å². The minimum atomic E-state index is -3.80. The standard InChI is InChI=1S/C25H23N5O2S/c31-33(32,20-9-5-2-6-10-20)25-28-22-15-27-24-21(11-13-26-24)23(22)30(25)19-12-14-29(17-19)16-18-7-3-1-4-8-18/h1-11,13,15,19H,12,14,16-17H2,(H,26,27). The predicted molar refractivity (Wildman–Crippen MR) is 127 cm³/mol. The summed E-state index contributed by atoms with van der Waals surface area (Å²) in [5.74, 6) is 0. The van der Waals surface area contributed by atoms with Crippen molar-refractivity contribution in [3.05, 3.63) is 84.7 Å². The highest BCUT2D eigenvalue weighted by Gasteiger charge is 2.33. The lowest BCUT2D eigenvalue weighted by Crippen LogP contribution is -2.22. The number of sulfone groups is 1. The van der Waals surface area contributed by atoms with Crippen LogP contribution in [0, 0.1) is 0 Å². The molecule has 1 aliphatic heterocycles. The van der Waals surface area contributed by atoms with Crippen molar-refractivity contribution in [1.29, 1.82) is 0 Å². The number of pyridine rings is 1. The van der Waals surface area contributed by atoms with Crippen LogP contribution in [0.15, 0.2) is 89.2 Å². The average molecular weight is 458 g/mol. The normalized spacial score (nSPS) is 17.3. The van der Waals surface area contributed by atoms with Crippen LogP contribution in [-0.4, -0.2) is 45.9 Å². The molecule has 1 saturated heterocycles. The van der Waals surface area contributed by atoms with Crippen LogP contribution in [0.25, 0.3) is 22.1 Å². The third-order valence-corrected chi connectivity index (χ3v) is 8.02. The van der Waals surface area contributed by atoms with E-state index in [1.54, 1.807) is 30.5 Å². The van der Waals surface area contributed by atoms with Crippen LogP contribution in [0.1, 0.15) is 18.0 Å². The molecule has 6 rings (SSSR count). The summed E-state index contributed by atoms with van der Waals surface area (Å²) in [6, 6.07) is 20.8. The van der Waals surface area contributed by atoms with Gasteiger partial charge in [-0.25, -0.2) is 18.4 Å². The number of benzene rings is 2. The number of likely N-dealkylation sites (tertiary alicyclic amines) is 1. The van der Waals surface area contributed by atoms with Gasteiger partial charge in [0, 0.05) is 31.2 Å². The second-order valence-corrected chi connectivity index (χ2v) is 10.3. The van der Waals surface area contributed by atoms with Gasteiger partial charge in [-0.2, -0.15) is 0 Å². The number of imidazole rings is 1. The van der Waals surface area contributed by atoms with Crippen LogP contribution < -0.4 is 0 Å². The average Bonchev–Trinajstić information content (AvgIpc) is 3.57. The van der Waals surface area contributed by atoms with Gasteiger partial charge in [0.05, 0.1) is 22.7 Å². The number of hydrogen-bond donors (Lipinski definition) is 1. The second-order valence-electron chi connectivity index (χ2n) is 8.48. The summed E-state index contributed by atoms with van der Waals surface area (Å²) in [6.07, 6.45) is 4.34. The number of nitrogens with zero attached hydrogens (tertiary/aromatic N) is 4. The zero-order valence-corrected chi connectivity index (χ0v) is 18.7. The lowest BCUT2D eigenvalue weighted by molar-refractivity contribution is 0.314. The smallest absolute Gasteiger partial charge is 0.240 e. The minimum absolute atomic E-state index is 0.00676. The molecule has 0 amide bonds. The number of fused-ring (bicyclic) bond motifs is 3. The van der Waals surface area contributed by atoms with Gasteiger partial charge in [0.2, 0.25) is 15.0 Å². The van der Waals surface area contributed by atoms with E-state index in [4.69, 9.17) is 0 Å². The predicted octanol–water partition coefficient (Wildman–Crippen LogP) is 4.19. The molecule has 0 bridgehead atoms. The Morgan fingerprint density at radius 2 is 1.76 bits per heavy atom. The molecule has 8 heteroatoms. The molecule has 0 radical (unpaired) electrons. The fourth-order valence-electron chi connectivity index (χ4n) is 4.81. The molecule has 1 fully saturated rings. The van der Waals surface area contributed by atoms with E-state index in [0.717, 1.165) is 42.6 Å². The Bertz CT molecular complexity index is 1540. The van der Waals surface area contributed by atoms with Crippen molar-refractivity contribution in [1.82, 2.24) is 24.4 Å². The quantitative estimate of drug-likeness (QED) is 0.428. The molecule has 1 atom stereocenters. The molecule has 0 aliphatic carbocycles. The van der Waals surface area contributed by atoms with Crippen LogP contribution in [0.3, 0.4) is 0 Å². The third kappa shape index (κ3) is 3.42. The summed E-state index contributed by atoms with van der Waals surface area (Å²) in [6.45, 7) is 2.49. The summed E-state index contributed by atoms with van der Waals surface area (Å²) < 4.78 is 29.4. The third-order valence-electron chi connectivity index (χ3n) is 6.36. The molecule has 2 aromatic carbocycles. The van der Waals surface area contributed by atoms with Gasteiger partial charge in [0.15, 0.2) is 0 Å². The van der Waals surface area contributed by atoms with Gasteiger partial charge in [-0.1, -0.05) is 48.5 Å². The van der Waals surface area contributed by atoms with Gasteiger partial charge in [0.1, 0.15) is 11.2 Å². The van der Waals surface area contributed by atoms with E-state index in [-0.39, 0.29) is 16.1 Å². The van der Waals surface area contributed by atoms with Crippen LogP contribution >= 0.6 is 0 Å². The molecule has 3 aromatic heterocycles. The summed E-state index contributed by atoms with van der Waals surface area (Å²) in [5.41, 5.74) is 3.40. The Balaban J connectivity index is 1.48. The van der Waals surface area contributed by atoms with Crippen LogP contribution in [0.4, 0.5) is 0 Å². The van der Waals surface area contributed by atoms with Crippen molar-refractivity contribution in [2.75, 3.05) is 13.1 Å². The number of aromatic amines is 1. The monoisotopic (exact) mass is 457 g/mol. The van der Waals surface area contributed by atoms with E-state index in [1.807, 2.05) is 41.1 Å². The summed E-state index contributed by atoms with van der Waals surface area (Å²) >= 11 is 0. The zero-order chi connectivity index (χ0) is 22.4. The molecule has 4 heterocycles. The van der Waals surface area contributed by atoms with E-state index in [0.29, 0.717) is 5.52 Å². The number of hydrogen-bond acceptors (Lipinski definition) is 5. The minimum Gasteiger partial charge on any atom is -0.346 e. The second kappa shape index (κ2) is 7.83.